The lowest BCUT2D eigenvalue weighted by atomic mass is 9.86. The van der Waals surface area contributed by atoms with Crippen LogP contribution < -0.4 is 10.0 Å². The maximum absolute atomic E-state index is 12.2. The SMILES string of the molecule is C=CCNS(=O)(=O)c1cccc(C(=O)OCC(=O)N[C@H]2CCCC[C@H]2C)c1. The van der Waals surface area contributed by atoms with Crippen LogP contribution in [0.2, 0.25) is 0 Å². The summed E-state index contributed by atoms with van der Waals surface area (Å²) in [6.45, 7) is 5.24. The first-order valence-corrected chi connectivity index (χ1v) is 10.5. The Hall–Kier alpha value is -2.19. The van der Waals surface area contributed by atoms with Gasteiger partial charge in [-0.2, -0.15) is 0 Å². The summed E-state index contributed by atoms with van der Waals surface area (Å²) in [5.74, 6) is -0.690. The molecule has 0 aliphatic heterocycles. The quantitative estimate of drug-likeness (QED) is 0.519. The molecule has 0 spiro atoms. The minimum atomic E-state index is -3.74. The van der Waals surface area contributed by atoms with E-state index in [1.807, 2.05) is 0 Å². The van der Waals surface area contributed by atoms with Gasteiger partial charge in [0.15, 0.2) is 6.61 Å². The molecule has 1 aliphatic carbocycles. The van der Waals surface area contributed by atoms with Gasteiger partial charge in [-0.1, -0.05) is 31.9 Å². The number of hydrogen-bond acceptors (Lipinski definition) is 5. The number of esters is 1. The second kappa shape index (κ2) is 9.66. The number of hydrogen-bond donors (Lipinski definition) is 2. The molecule has 1 aromatic carbocycles. The minimum Gasteiger partial charge on any atom is -0.452 e. The predicted octanol–water partition coefficient (Wildman–Crippen LogP) is 2.00. The summed E-state index contributed by atoms with van der Waals surface area (Å²) < 4.78 is 31.6. The molecule has 1 amide bonds. The molecule has 8 heteroatoms. The molecular formula is C19H26N2O5S. The van der Waals surface area contributed by atoms with E-state index in [9.17, 15) is 18.0 Å². The van der Waals surface area contributed by atoms with E-state index in [4.69, 9.17) is 4.74 Å². The highest BCUT2D eigenvalue weighted by Crippen LogP contribution is 2.23. The molecule has 1 aromatic rings. The van der Waals surface area contributed by atoms with E-state index in [0.717, 1.165) is 19.3 Å². The molecule has 2 N–H and O–H groups in total. The number of carbonyl (C=O) groups is 2. The van der Waals surface area contributed by atoms with Crippen molar-refractivity contribution in [3.8, 4) is 0 Å². The van der Waals surface area contributed by atoms with E-state index < -0.39 is 22.6 Å². The van der Waals surface area contributed by atoms with Gasteiger partial charge in [-0.05, 0) is 37.0 Å². The van der Waals surface area contributed by atoms with Crippen LogP contribution in [-0.4, -0.2) is 39.5 Å². The molecule has 0 saturated heterocycles. The Labute approximate surface area is 160 Å². The first kappa shape index (κ1) is 21.1. The van der Waals surface area contributed by atoms with Crippen molar-refractivity contribution in [3.05, 3.63) is 42.5 Å². The van der Waals surface area contributed by atoms with Crippen molar-refractivity contribution >= 4 is 21.9 Å². The number of sulfonamides is 1. The van der Waals surface area contributed by atoms with E-state index in [2.05, 4.69) is 23.5 Å². The van der Waals surface area contributed by atoms with Gasteiger partial charge in [-0.3, -0.25) is 4.79 Å². The number of rotatable bonds is 8. The normalized spacial score (nSPS) is 19.9. The van der Waals surface area contributed by atoms with Gasteiger partial charge in [0.2, 0.25) is 10.0 Å². The van der Waals surface area contributed by atoms with Crippen molar-refractivity contribution in [1.29, 1.82) is 0 Å². The summed E-state index contributed by atoms with van der Waals surface area (Å²) in [4.78, 5) is 24.1. The third-order valence-electron chi connectivity index (χ3n) is 4.59. The van der Waals surface area contributed by atoms with E-state index >= 15 is 0 Å². The van der Waals surface area contributed by atoms with Crippen LogP contribution in [0.3, 0.4) is 0 Å². The van der Waals surface area contributed by atoms with Gasteiger partial charge in [0.25, 0.3) is 5.91 Å². The lowest BCUT2D eigenvalue weighted by Gasteiger charge is -2.29. The Kier molecular flexibility index (Phi) is 7.55. The van der Waals surface area contributed by atoms with Gasteiger partial charge < -0.3 is 10.1 Å². The average Bonchev–Trinajstić information content (AvgIpc) is 2.66. The van der Waals surface area contributed by atoms with E-state index in [-0.39, 0.29) is 29.0 Å². The van der Waals surface area contributed by atoms with Crippen LogP contribution in [0, 0.1) is 5.92 Å². The number of nitrogens with one attached hydrogen (secondary N) is 2. The van der Waals surface area contributed by atoms with Gasteiger partial charge in [0.1, 0.15) is 0 Å². The molecule has 0 aromatic heterocycles. The fourth-order valence-electron chi connectivity index (χ4n) is 3.04. The monoisotopic (exact) mass is 394 g/mol. The second-order valence-electron chi connectivity index (χ2n) is 6.68. The molecule has 1 saturated carbocycles. The summed E-state index contributed by atoms with van der Waals surface area (Å²) >= 11 is 0. The first-order valence-electron chi connectivity index (χ1n) is 9.00. The molecule has 0 unspecified atom stereocenters. The molecule has 0 bridgehead atoms. The van der Waals surface area contributed by atoms with Crippen LogP contribution in [0.25, 0.3) is 0 Å². The predicted molar refractivity (Wildman–Crippen MR) is 102 cm³/mol. The smallest absolute Gasteiger partial charge is 0.338 e. The largest absolute Gasteiger partial charge is 0.452 e. The van der Waals surface area contributed by atoms with E-state index in [0.29, 0.717) is 5.92 Å². The number of amides is 1. The van der Waals surface area contributed by atoms with Gasteiger partial charge in [-0.25, -0.2) is 17.9 Å². The zero-order valence-corrected chi connectivity index (χ0v) is 16.3. The summed E-state index contributed by atoms with van der Waals surface area (Å²) in [6, 6.07) is 5.59. The molecule has 2 rings (SSSR count). The highest BCUT2D eigenvalue weighted by atomic mass is 32.2. The standard InChI is InChI=1S/C19H26N2O5S/c1-3-11-20-27(24,25)16-9-6-8-15(12-16)19(23)26-13-18(22)21-17-10-5-4-7-14(17)2/h3,6,8-9,12,14,17,20H,1,4-5,7,10-11,13H2,2H3,(H,21,22)/t14-,17+/m1/s1. The molecule has 2 atom stereocenters. The topological polar surface area (TPSA) is 102 Å². The highest BCUT2D eigenvalue weighted by molar-refractivity contribution is 7.89. The molecular weight excluding hydrogens is 368 g/mol. The van der Waals surface area contributed by atoms with Gasteiger partial charge >= 0.3 is 5.97 Å². The first-order chi connectivity index (χ1) is 12.8. The Morgan fingerprint density at radius 3 is 2.74 bits per heavy atom. The van der Waals surface area contributed by atoms with Gasteiger partial charge in [-0.15, -0.1) is 6.58 Å². The number of ether oxygens (including phenoxy) is 1. The van der Waals surface area contributed by atoms with E-state index in [1.54, 1.807) is 0 Å². The lowest BCUT2D eigenvalue weighted by molar-refractivity contribution is -0.125. The van der Waals surface area contributed by atoms with Crippen molar-refractivity contribution in [1.82, 2.24) is 10.0 Å². The molecule has 0 heterocycles. The van der Waals surface area contributed by atoms with Crippen molar-refractivity contribution < 1.29 is 22.7 Å². The Balaban J connectivity index is 1.93. The van der Waals surface area contributed by atoms with Crippen molar-refractivity contribution in [3.63, 3.8) is 0 Å². The Morgan fingerprint density at radius 2 is 2.04 bits per heavy atom. The maximum Gasteiger partial charge on any atom is 0.338 e. The summed E-state index contributed by atoms with van der Waals surface area (Å²) in [5, 5.41) is 2.90. The van der Waals surface area contributed by atoms with Crippen LogP contribution in [0.5, 0.6) is 0 Å². The Bertz CT molecular complexity index is 791. The fourth-order valence-corrected chi connectivity index (χ4v) is 4.08. The van der Waals surface area contributed by atoms with Crippen LogP contribution in [0.4, 0.5) is 0 Å². The zero-order valence-electron chi connectivity index (χ0n) is 15.4. The molecule has 1 aliphatic rings. The summed E-state index contributed by atoms with van der Waals surface area (Å²) in [5.41, 5.74) is 0.0651. The summed E-state index contributed by atoms with van der Waals surface area (Å²) in [7, 11) is -3.74. The zero-order chi connectivity index (χ0) is 19.9. The van der Waals surface area contributed by atoms with Crippen molar-refractivity contribution in [2.75, 3.05) is 13.2 Å². The van der Waals surface area contributed by atoms with Gasteiger partial charge in [0.05, 0.1) is 10.5 Å². The molecule has 27 heavy (non-hydrogen) atoms. The molecule has 0 radical (unpaired) electrons. The van der Waals surface area contributed by atoms with Gasteiger partial charge in [0, 0.05) is 12.6 Å². The third kappa shape index (κ3) is 6.18. The van der Waals surface area contributed by atoms with Crippen molar-refractivity contribution in [2.24, 2.45) is 5.92 Å². The third-order valence-corrected chi connectivity index (χ3v) is 6.01. The van der Waals surface area contributed by atoms with Crippen LogP contribution in [0.1, 0.15) is 43.0 Å². The number of benzene rings is 1. The Morgan fingerprint density at radius 1 is 1.30 bits per heavy atom. The molecule has 148 valence electrons. The minimum absolute atomic E-state index is 0.0562. The maximum atomic E-state index is 12.2. The highest BCUT2D eigenvalue weighted by Gasteiger charge is 2.23. The number of carbonyl (C=O) groups excluding carboxylic acids is 2. The fraction of sp³-hybridized carbons (Fsp3) is 0.474. The van der Waals surface area contributed by atoms with Crippen LogP contribution in [-0.2, 0) is 19.6 Å². The second-order valence-corrected chi connectivity index (χ2v) is 8.45. The average molecular weight is 394 g/mol. The van der Waals surface area contributed by atoms with Crippen molar-refractivity contribution in [2.45, 2.75) is 43.5 Å². The van der Waals surface area contributed by atoms with Crippen LogP contribution >= 0.6 is 0 Å². The van der Waals surface area contributed by atoms with E-state index in [1.165, 1.54) is 36.8 Å². The van der Waals surface area contributed by atoms with Crippen LogP contribution in [0.15, 0.2) is 41.8 Å². The molecule has 1 fully saturated rings. The molecule has 7 nitrogen and oxygen atoms in total. The summed E-state index contributed by atoms with van der Waals surface area (Å²) in [6.07, 6.45) is 5.67. The lowest BCUT2D eigenvalue weighted by Crippen LogP contribution is -2.42.